The van der Waals surface area contributed by atoms with Gasteiger partial charge in [0.2, 0.25) is 0 Å². The van der Waals surface area contributed by atoms with Crippen LogP contribution in [0, 0.1) is 0 Å². The standard InChI is InChI=1S/C15H14N2O3/c1-9(17(19)15(16)18)10-6-7-12-11-4-2-3-5-13(11)20-14(12)8-10/h2-9,19H,1H3,(H2,16,18). The van der Waals surface area contributed by atoms with Gasteiger partial charge in [-0.25, -0.2) is 4.79 Å². The van der Waals surface area contributed by atoms with E-state index in [-0.39, 0.29) is 0 Å². The Kier molecular flexibility index (Phi) is 2.84. The van der Waals surface area contributed by atoms with Gasteiger partial charge in [0, 0.05) is 10.8 Å². The largest absolute Gasteiger partial charge is 0.456 e. The molecule has 0 aliphatic rings. The van der Waals surface area contributed by atoms with Gasteiger partial charge in [0.15, 0.2) is 0 Å². The molecule has 5 heteroatoms. The van der Waals surface area contributed by atoms with Gasteiger partial charge in [0.05, 0.1) is 6.04 Å². The second-order valence-electron chi connectivity index (χ2n) is 4.71. The monoisotopic (exact) mass is 270 g/mol. The summed E-state index contributed by atoms with van der Waals surface area (Å²) in [6, 6.07) is 11.9. The van der Waals surface area contributed by atoms with Crippen LogP contribution < -0.4 is 5.73 Å². The van der Waals surface area contributed by atoms with E-state index >= 15 is 0 Å². The number of fused-ring (bicyclic) bond motifs is 3. The van der Waals surface area contributed by atoms with Crippen LogP contribution in [0.15, 0.2) is 46.9 Å². The molecule has 0 saturated carbocycles. The molecule has 0 aliphatic carbocycles. The molecule has 1 atom stereocenters. The number of furan rings is 1. The van der Waals surface area contributed by atoms with Gasteiger partial charge in [-0.2, -0.15) is 5.06 Å². The van der Waals surface area contributed by atoms with E-state index in [0.717, 1.165) is 21.9 Å². The number of hydrogen-bond donors (Lipinski definition) is 2. The topological polar surface area (TPSA) is 79.7 Å². The zero-order valence-corrected chi connectivity index (χ0v) is 10.9. The number of benzene rings is 2. The Bertz CT molecular complexity index is 794. The molecular weight excluding hydrogens is 256 g/mol. The maximum atomic E-state index is 11.0. The highest BCUT2D eigenvalue weighted by molar-refractivity contribution is 6.04. The Morgan fingerprint density at radius 1 is 1.20 bits per heavy atom. The van der Waals surface area contributed by atoms with Gasteiger partial charge < -0.3 is 10.2 Å². The summed E-state index contributed by atoms with van der Waals surface area (Å²) in [5.74, 6) is 0. The Morgan fingerprint density at radius 3 is 2.65 bits per heavy atom. The predicted octanol–water partition coefficient (Wildman–Crippen LogP) is 3.42. The summed E-state index contributed by atoms with van der Waals surface area (Å²) in [5.41, 5.74) is 7.33. The van der Waals surface area contributed by atoms with Crippen molar-refractivity contribution >= 4 is 28.0 Å². The first kappa shape index (κ1) is 12.5. The zero-order chi connectivity index (χ0) is 14.3. The van der Waals surface area contributed by atoms with E-state index in [2.05, 4.69) is 0 Å². The first-order chi connectivity index (χ1) is 9.58. The van der Waals surface area contributed by atoms with Gasteiger partial charge in [-0.1, -0.05) is 30.3 Å². The smallest absolute Gasteiger partial charge is 0.339 e. The molecule has 0 saturated heterocycles. The Labute approximate surface area is 115 Å². The van der Waals surface area contributed by atoms with Gasteiger partial charge in [0.25, 0.3) is 0 Å². The molecule has 0 aliphatic heterocycles. The van der Waals surface area contributed by atoms with Crippen molar-refractivity contribution in [2.24, 2.45) is 5.73 Å². The fraction of sp³-hybridized carbons (Fsp3) is 0.133. The normalized spacial score (nSPS) is 12.7. The van der Waals surface area contributed by atoms with Crippen molar-refractivity contribution in [1.82, 2.24) is 5.06 Å². The number of nitrogens with zero attached hydrogens (tertiary/aromatic N) is 1. The number of urea groups is 1. The number of carbonyl (C=O) groups is 1. The van der Waals surface area contributed by atoms with Crippen LogP contribution in [-0.4, -0.2) is 16.3 Å². The van der Waals surface area contributed by atoms with Crippen molar-refractivity contribution in [3.63, 3.8) is 0 Å². The van der Waals surface area contributed by atoms with Crippen LogP contribution in [-0.2, 0) is 0 Å². The first-order valence-corrected chi connectivity index (χ1v) is 6.26. The minimum atomic E-state index is -0.887. The lowest BCUT2D eigenvalue weighted by Gasteiger charge is -2.20. The van der Waals surface area contributed by atoms with Crippen LogP contribution in [0.4, 0.5) is 4.79 Å². The molecule has 5 nitrogen and oxygen atoms in total. The molecule has 3 rings (SSSR count). The van der Waals surface area contributed by atoms with Crippen LogP contribution in [0.1, 0.15) is 18.5 Å². The zero-order valence-electron chi connectivity index (χ0n) is 10.9. The summed E-state index contributed by atoms with van der Waals surface area (Å²) in [7, 11) is 0. The maximum Gasteiger partial charge on any atom is 0.339 e. The number of nitrogens with two attached hydrogens (primary N) is 1. The van der Waals surface area contributed by atoms with Crippen molar-refractivity contribution in [3.8, 4) is 0 Å². The first-order valence-electron chi connectivity index (χ1n) is 6.26. The lowest BCUT2D eigenvalue weighted by molar-refractivity contribution is -0.0709. The average Bonchev–Trinajstić information content (AvgIpc) is 2.83. The fourth-order valence-electron chi connectivity index (χ4n) is 2.33. The molecule has 3 N–H and O–H groups in total. The van der Waals surface area contributed by atoms with Crippen LogP contribution >= 0.6 is 0 Å². The quantitative estimate of drug-likeness (QED) is 0.553. The third-order valence-electron chi connectivity index (χ3n) is 3.48. The summed E-state index contributed by atoms with van der Waals surface area (Å²) in [5, 5.41) is 12.1. The number of carbonyl (C=O) groups excluding carboxylic acids is 1. The Balaban J connectivity index is 2.11. The lowest BCUT2D eigenvalue weighted by atomic mass is 10.1. The highest BCUT2D eigenvalue weighted by atomic mass is 16.5. The van der Waals surface area contributed by atoms with Gasteiger partial charge in [-0.15, -0.1) is 0 Å². The maximum absolute atomic E-state index is 11.0. The average molecular weight is 270 g/mol. The number of primary amides is 1. The Hall–Kier alpha value is -2.53. The van der Waals surface area contributed by atoms with Gasteiger partial charge in [-0.05, 0) is 24.6 Å². The molecule has 1 aromatic heterocycles. The van der Waals surface area contributed by atoms with Crippen LogP contribution in [0.2, 0.25) is 0 Å². The van der Waals surface area contributed by atoms with Crippen molar-refractivity contribution < 1.29 is 14.4 Å². The van der Waals surface area contributed by atoms with Crippen molar-refractivity contribution in [2.75, 3.05) is 0 Å². The molecule has 102 valence electrons. The summed E-state index contributed by atoms with van der Waals surface area (Å²) in [4.78, 5) is 11.0. The molecule has 0 fully saturated rings. The van der Waals surface area contributed by atoms with Crippen LogP contribution in [0.5, 0.6) is 0 Å². The molecule has 1 unspecified atom stereocenters. The van der Waals surface area contributed by atoms with Crippen molar-refractivity contribution in [1.29, 1.82) is 0 Å². The van der Waals surface area contributed by atoms with E-state index in [1.54, 1.807) is 6.92 Å². The number of hydroxylamine groups is 2. The van der Waals surface area contributed by atoms with Crippen LogP contribution in [0.25, 0.3) is 21.9 Å². The highest BCUT2D eigenvalue weighted by Crippen LogP contribution is 2.31. The summed E-state index contributed by atoms with van der Waals surface area (Å²) in [6.45, 7) is 1.69. The molecule has 1 heterocycles. The number of para-hydroxylation sites is 1. The minimum absolute atomic E-state index is 0.504. The predicted molar refractivity (Wildman–Crippen MR) is 75.3 cm³/mol. The van der Waals surface area contributed by atoms with Crippen molar-refractivity contribution in [3.05, 3.63) is 48.0 Å². The van der Waals surface area contributed by atoms with E-state index in [1.165, 1.54) is 0 Å². The molecule has 0 bridgehead atoms. The van der Waals surface area contributed by atoms with Gasteiger partial charge >= 0.3 is 6.03 Å². The van der Waals surface area contributed by atoms with E-state index in [9.17, 15) is 10.0 Å². The lowest BCUT2D eigenvalue weighted by Crippen LogP contribution is -2.34. The number of amides is 2. The molecule has 3 aromatic rings. The fourth-order valence-corrected chi connectivity index (χ4v) is 2.33. The SMILES string of the molecule is CC(c1ccc2c(c1)oc1ccccc12)N(O)C(N)=O. The molecule has 20 heavy (non-hydrogen) atoms. The van der Waals surface area contributed by atoms with Crippen LogP contribution in [0.3, 0.4) is 0 Å². The van der Waals surface area contributed by atoms with E-state index in [0.29, 0.717) is 10.6 Å². The Morgan fingerprint density at radius 2 is 1.90 bits per heavy atom. The molecule has 0 radical (unpaired) electrons. The van der Waals surface area contributed by atoms with Gasteiger partial charge in [-0.3, -0.25) is 5.21 Å². The number of hydrogen-bond acceptors (Lipinski definition) is 3. The van der Waals surface area contributed by atoms with Crippen molar-refractivity contribution in [2.45, 2.75) is 13.0 Å². The second kappa shape index (κ2) is 4.54. The molecule has 0 spiro atoms. The van der Waals surface area contributed by atoms with E-state index < -0.39 is 12.1 Å². The summed E-state index contributed by atoms with van der Waals surface area (Å²) >= 11 is 0. The number of rotatable bonds is 2. The molecule has 2 aromatic carbocycles. The minimum Gasteiger partial charge on any atom is -0.456 e. The third-order valence-corrected chi connectivity index (χ3v) is 3.48. The molecular formula is C15H14N2O3. The van der Waals surface area contributed by atoms with E-state index in [1.807, 2.05) is 42.5 Å². The molecule has 2 amide bonds. The highest BCUT2D eigenvalue weighted by Gasteiger charge is 2.18. The second-order valence-corrected chi connectivity index (χ2v) is 4.71. The third kappa shape index (κ3) is 1.88. The summed E-state index contributed by atoms with van der Waals surface area (Å²) in [6.07, 6.45) is 0. The van der Waals surface area contributed by atoms with E-state index in [4.69, 9.17) is 10.2 Å². The summed E-state index contributed by atoms with van der Waals surface area (Å²) < 4.78 is 5.77. The van der Waals surface area contributed by atoms with Gasteiger partial charge in [0.1, 0.15) is 11.2 Å².